The summed E-state index contributed by atoms with van der Waals surface area (Å²) in [7, 11) is -2.19. The first-order valence-corrected chi connectivity index (χ1v) is 28.6. The lowest BCUT2D eigenvalue weighted by molar-refractivity contribution is 0.0593. The molecule has 3 aromatic carbocycles. The summed E-state index contributed by atoms with van der Waals surface area (Å²) in [6, 6.07) is 27.5. The second-order valence-corrected chi connectivity index (χ2v) is 22.8. The van der Waals surface area contributed by atoms with Gasteiger partial charge in [0.1, 0.15) is 25.6 Å². The highest BCUT2D eigenvalue weighted by molar-refractivity contribution is 7.93. The van der Waals surface area contributed by atoms with E-state index >= 15 is 0 Å². The summed E-state index contributed by atoms with van der Waals surface area (Å²) >= 11 is 6.79. The first-order valence-electron chi connectivity index (χ1n) is 26.8. The second-order valence-electron chi connectivity index (χ2n) is 20.4. The molecule has 3 atom stereocenters. The predicted octanol–water partition coefficient (Wildman–Crippen LogP) is 9.01. The van der Waals surface area contributed by atoms with E-state index < -0.39 is 34.9 Å². The Balaban J connectivity index is 0.778. The van der Waals surface area contributed by atoms with E-state index in [1.165, 1.54) is 4.31 Å². The number of imidazole rings is 1. The number of anilines is 4. The number of pyridine rings is 1. The molecule has 22 heteroatoms. The molecule has 4 aromatic heterocycles. The third-order valence-electron chi connectivity index (χ3n) is 14.9. The topological polar surface area (TPSA) is 222 Å². The van der Waals surface area contributed by atoms with Crippen molar-refractivity contribution < 1.29 is 27.4 Å². The lowest BCUT2D eigenvalue weighted by Gasteiger charge is -2.41. The van der Waals surface area contributed by atoms with Crippen LogP contribution in [-0.2, 0) is 39.0 Å². The predicted molar refractivity (Wildman–Crippen MR) is 306 cm³/mol. The summed E-state index contributed by atoms with van der Waals surface area (Å²) in [5.74, 6) is 1.49. The minimum Gasteiger partial charge on any atom is -0.462 e. The number of nitriles is 1. The van der Waals surface area contributed by atoms with Crippen molar-refractivity contribution in [3.63, 3.8) is 0 Å². The van der Waals surface area contributed by atoms with Crippen molar-refractivity contribution in [1.29, 1.82) is 5.26 Å². The van der Waals surface area contributed by atoms with E-state index in [1.54, 1.807) is 12.5 Å². The van der Waals surface area contributed by atoms with Crippen LogP contribution in [0.2, 0.25) is 5.02 Å². The molecule has 412 valence electrons. The van der Waals surface area contributed by atoms with E-state index in [0.29, 0.717) is 72.9 Å². The molecule has 0 bridgehead atoms. The lowest BCUT2D eigenvalue weighted by atomic mass is 10.0. The maximum absolute atomic E-state index is 14.3. The Labute approximate surface area is 465 Å². The van der Waals surface area contributed by atoms with Gasteiger partial charge in [0.05, 0.1) is 58.8 Å². The van der Waals surface area contributed by atoms with Gasteiger partial charge in [-0.2, -0.15) is 29.5 Å². The zero-order valence-electron chi connectivity index (χ0n) is 44.9. The number of hydrogen-bond acceptors (Lipinski definition) is 18. The number of likely N-dealkylation sites (N-methyl/N-ethyl adjacent to an activating group) is 1. The molecule has 79 heavy (non-hydrogen) atoms. The summed E-state index contributed by atoms with van der Waals surface area (Å²) < 4.78 is 49.1. The monoisotopic (exact) mass is 1110 g/mol. The normalized spacial score (nSPS) is 17.4. The second kappa shape index (κ2) is 24.2. The number of aromatic nitrogens is 7. The van der Waals surface area contributed by atoms with Crippen LogP contribution in [0.4, 0.5) is 28.1 Å². The van der Waals surface area contributed by atoms with E-state index in [9.17, 15) is 18.5 Å². The average Bonchev–Trinajstić information content (AvgIpc) is 4.11. The molecule has 2 N–H and O–H groups in total. The molecule has 0 radical (unpaired) electrons. The number of fused-ring (bicyclic) bond motifs is 3. The summed E-state index contributed by atoms with van der Waals surface area (Å²) in [5.41, 5.74) is 6.92. The molecular formula is C57H65ClN14O6S. The number of sulfonamides is 1. The number of nitrogens with one attached hydrogen (secondary N) is 2. The SMILES string of the molecule is C=C(COC(=O)OC[C@@H](CC)Nc1nc(NCc2ccc(-c3ccccn3)cc2)c2ncn(C(C)C)c2n1)S(=O)(=O)N1CCN(c2nc(OC[C@@H]3CCCN3C)nc3c2CCN(c2cccc4cccc(Cl)c24)C3)C[C@@H]1CC#N. The van der Waals surface area contributed by atoms with Crippen molar-refractivity contribution in [3.05, 3.63) is 125 Å². The number of carbonyl (C=O) groups is 1. The number of benzene rings is 3. The molecule has 3 aliphatic rings. The van der Waals surface area contributed by atoms with Crippen LogP contribution in [0.3, 0.4) is 0 Å². The average molecular weight is 1110 g/mol. The van der Waals surface area contributed by atoms with E-state index in [0.717, 1.165) is 63.9 Å². The molecular weight excluding hydrogens is 1040 g/mol. The smallest absolute Gasteiger partial charge is 0.462 e. The number of ether oxygens (including phenoxy) is 3. The molecule has 0 unspecified atom stereocenters. The number of carbonyl (C=O) groups excluding carboxylic acids is 1. The Morgan fingerprint density at radius 2 is 1.76 bits per heavy atom. The van der Waals surface area contributed by atoms with Crippen LogP contribution in [0.5, 0.6) is 6.01 Å². The van der Waals surface area contributed by atoms with Crippen LogP contribution < -0.4 is 25.2 Å². The molecule has 10 rings (SSSR count). The Bertz CT molecular complexity index is 3480. The molecule has 2 saturated heterocycles. The van der Waals surface area contributed by atoms with Gasteiger partial charge in [-0.1, -0.05) is 79.7 Å². The van der Waals surface area contributed by atoms with Crippen molar-refractivity contribution in [2.75, 3.05) is 80.0 Å². The van der Waals surface area contributed by atoms with Crippen LogP contribution >= 0.6 is 11.6 Å². The van der Waals surface area contributed by atoms with E-state index in [4.69, 9.17) is 45.7 Å². The van der Waals surface area contributed by atoms with Crippen LogP contribution in [0, 0.1) is 11.3 Å². The molecule has 0 saturated carbocycles. The van der Waals surface area contributed by atoms with E-state index in [1.807, 2.05) is 90.9 Å². The molecule has 0 aliphatic carbocycles. The number of hydrogen-bond donors (Lipinski definition) is 2. The van der Waals surface area contributed by atoms with Crippen LogP contribution in [0.25, 0.3) is 33.2 Å². The van der Waals surface area contributed by atoms with Gasteiger partial charge in [-0.05, 0) is 88.3 Å². The Hall–Kier alpha value is -7.64. The fourth-order valence-corrected chi connectivity index (χ4v) is 12.1. The quantitative estimate of drug-likeness (QED) is 0.0680. The Morgan fingerprint density at radius 1 is 0.937 bits per heavy atom. The van der Waals surface area contributed by atoms with Gasteiger partial charge in [-0.25, -0.2) is 18.2 Å². The third-order valence-corrected chi connectivity index (χ3v) is 17.2. The number of piperazine rings is 1. The number of nitrogens with zero attached hydrogens (tertiary/aromatic N) is 12. The van der Waals surface area contributed by atoms with Crippen LogP contribution in [-0.4, -0.2) is 136 Å². The van der Waals surface area contributed by atoms with Gasteiger partial charge in [0.2, 0.25) is 16.0 Å². The highest BCUT2D eigenvalue weighted by Gasteiger charge is 2.39. The van der Waals surface area contributed by atoms with Gasteiger partial charge < -0.3 is 44.1 Å². The highest BCUT2D eigenvalue weighted by Crippen LogP contribution is 2.38. The number of likely N-dealkylation sites (tertiary alicyclic amines) is 1. The van der Waals surface area contributed by atoms with Crippen molar-refractivity contribution in [1.82, 2.24) is 43.7 Å². The largest absolute Gasteiger partial charge is 0.508 e. The zero-order chi connectivity index (χ0) is 55.2. The fourth-order valence-electron chi connectivity index (χ4n) is 10.5. The first kappa shape index (κ1) is 54.7. The van der Waals surface area contributed by atoms with E-state index in [2.05, 4.69) is 68.3 Å². The van der Waals surface area contributed by atoms with Crippen molar-refractivity contribution in [3.8, 4) is 23.3 Å². The lowest BCUT2D eigenvalue weighted by Crippen LogP contribution is -2.56. The van der Waals surface area contributed by atoms with Crippen LogP contribution in [0.1, 0.15) is 69.3 Å². The molecule has 2 fully saturated rings. The van der Waals surface area contributed by atoms with E-state index in [-0.39, 0.29) is 55.7 Å². The molecule has 7 heterocycles. The van der Waals surface area contributed by atoms with Gasteiger partial charge in [0.15, 0.2) is 17.0 Å². The third kappa shape index (κ3) is 12.2. The minimum absolute atomic E-state index is 0.0211. The fraction of sp³-hybridized carbons (Fsp3) is 0.404. The Kier molecular flexibility index (Phi) is 16.7. The van der Waals surface area contributed by atoms with Gasteiger partial charge in [0, 0.05) is 73.2 Å². The van der Waals surface area contributed by atoms with Crippen molar-refractivity contribution in [2.24, 2.45) is 0 Å². The molecule has 20 nitrogen and oxygen atoms in total. The highest BCUT2D eigenvalue weighted by atomic mass is 35.5. The summed E-state index contributed by atoms with van der Waals surface area (Å²) in [4.78, 5) is 48.1. The maximum Gasteiger partial charge on any atom is 0.508 e. The standard InChI is InChI=1S/C57H65ClN14O6S/c1-6-42(63-55-65-52(51-54(66-55)71(36-62-51)37(2)3)61-30-39-18-20-40(21-19-39)47-16-7-8-25-60-47)34-78-57(73)77-33-38(4)79(74,75)72-29-28-70(31-43(72)22-24-59)53-45-23-27-69(49-17-10-13-41-12-9-15-46(58)50(41)49)32-48(45)64-56(67-53)76-35-44-14-11-26-68(44)5/h7-10,12-13,15-21,25,36-37,42-44H,4,6,11,14,22-23,26-35H2,1-3,5H3,(H2,61,63,65,66)/t42-,43+,44+/m1/s1. The summed E-state index contributed by atoms with van der Waals surface area (Å²) in [5, 5.41) is 19.5. The molecule has 7 aromatic rings. The van der Waals surface area contributed by atoms with Gasteiger partial charge in [-0.15, -0.1) is 0 Å². The maximum atomic E-state index is 14.3. The molecule has 0 amide bonds. The number of rotatable bonds is 20. The zero-order valence-corrected chi connectivity index (χ0v) is 46.5. The number of halogens is 1. The van der Waals surface area contributed by atoms with Crippen LogP contribution in [0.15, 0.2) is 103 Å². The molecule has 3 aliphatic heterocycles. The van der Waals surface area contributed by atoms with Gasteiger partial charge in [-0.3, -0.25) is 4.98 Å². The minimum atomic E-state index is -4.28. The van der Waals surface area contributed by atoms with Crippen molar-refractivity contribution >= 4 is 73.0 Å². The molecule has 0 spiro atoms. The Morgan fingerprint density at radius 3 is 2.51 bits per heavy atom. The van der Waals surface area contributed by atoms with Gasteiger partial charge >= 0.3 is 12.2 Å². The van der Waals surface area contributed by atoms with Crippen molar-refractivity contribution in [2.45, 2.75) is 90.1 Å². The first-order chi connectivity index (χ1) is 38.3. The summed E-state index contributed by atoms with van der Waals surface area (Å²) in [6.45, 7) is 12.5. The summed E-state index contributed by atoms with van der Waals surface area (Å²) in [6.07, 6.45) is 5.55. The van der Waals surface area contributed by atoms with Gasteiger partial charge in [0.25, 0.3) is 0 Å².